The third-order valence-corrected chi connectivity index (χ3v) is 6.91. The number of rotatable bonds is 7. The maximum atomic E-state index is 12.4. The Morgan fingerprint density at radius 1 is 1.03 bits per heavy atom. The van der Waals surface area contributed by atoms with E-state index in [0.29, 0.717) is 11.1 Å². The van der Waals surface area contributed by atoms with E-state index in [4.69, 9.17) is 0 Å². The molecule has 0 aliphatic rings. The molecule has 32 heavy (non-hydrogen) atoms. The van der Waals surface area contributed by atoms with Crippen LogP contribution < -0.4 is 5.32 Å². The second-order valence-electron chi connectivity index (χ2n) is 9.33. The van der Waals surface area contributed by atoms with E-state index < -0.39 is 0 Å². The molecule has 3 rings (SSSR count). The van der Waals surface area contributed by atoms with Crippen LogP contribution in [-0.2, 0) is 10.2 Å². The van der Waals surface area contributed by atoms with Crippen molar-refractivity contribution in [3.8, 4) is 17.1 Å². The van der Waals surface area contributed by atoms with Crippen LogP contribution in [0.3, 0.4) is 0 Å². The summed E-state index contributed by atoms with van der Waals surface area (Å²) in [5, 5.41) is 12.7. The zero-order valence-electron chi connectivity index (χ0n) is 19.5. The summed E-state index contributed by atoms with van der Waals surface area (Å²) >= 11 is 4.90. The molecule has 1 atom stereocenters. The minimum Gasteiger partial charge on any atom is -0.353 e. The molecule has 2 aromatic carbocycles. The highest BCUT2D eigenvalue weighted by atomic mass is 79.9. The summed E-state index contributed by atoms with van der Waals surface area (Å²) in [6.45, 7) is 12.8. The van der Waals surface area contributed by atoms with Crippen molar-refractivity contribution < 1.29 is 4.79 Å². The summed E-state index contributed by atoms with van der Waals surface area (Å²) in [7, 11) is 0. The largest absolute Gasteiger partial charge is 0.353 e. The van der Waals surface area contributed by atoms with E-state index in [-0.39, 0.29) is 23.1 Å². The number of nitrogens with zero attached hydrogens (tertiary/aromatic N) is 3. The van der Waals surface area contributed by atoms with Gasteiger partial charge in [0.15, 0.2) is 11.0 Å². The van der Waals surface area contributed by atoms with E-state index in [0.717, 1.165) is 21.5 Å². The molecule has 1 unspecified atom stereocenters. The molecule has 1 heterocycles. The highest BCUT2D eigenvalue weighted by molar-refractivity contribution is 9.10. The molecule has 0 saturated heterocycles. The second-order valence-corrected chi connectivity index (χ2v) is 11.2. The number of amides is 1. The number of thioether (sulfide) groups is 1. The summed E-state index contributed by atoms with van der Waals surface area (Å²) in [4.78, 5) is 12.4. The highest BCUT2D eigenvalue weighted by Gasteiger charge is 2.19. The van der Waals surface area contributed by atoms with Crippen LogP contribution in [0.4, 0.5) is 0 Å². The molecule has 0 saturated carbocycles. The molecule has 3 aromatic rings. The van der Waals surface area contributed by atoms with Gasteiger partial charge in [0.1, 0.15) is 0 Å². The Morgan fingerprint density at radius 2 is 1.66 bits per heavy atom. The van der Waals surface area contributed by atoms with Gasteiger partial charge in [-0.2, -0.15) is 0 Å². The predicted octanol–water partition coefficient (Wildman–Crippen LogP) is 6.25. The fourth-order valence-electron chi connectivity index (χ4n) is 3.08. The minimum atomic E-state index is -0.00219. The van der Waals surface area contributed by atoms with E-state index >= 15 is 0 Å². The van der Waals surface area contributed by atoms with Crippen LogP contribution in [0.2, 0.25) is 0 Å². The zero-order valence-corrected chi connectivity index (χ0v) is 21.9. The van der Waals surface area contributed by atoms with Crippen molar-refractivity contribution in [3.05, 3.63) is 58.6 Å². The molecule has 1 amide bonds. The van der Waals surface area contributed by atoms with Gasteiger partial charge in [-0.15, -0.1) is 10.2 Å². The van der Waals surface area contributed by atoms with Crippen molar-refractivity contribution in [1.82, 2.24) is 20.1 Å². The smallest absolute Gasteiger partial charge is 0.230 e. The highest BCUT2D eigenvalue weighted by Crippen LogP contribution is 2.30. The normalized spacial score (nSPS) is 12.8. The van der Waals surface area contributed by atoms with E-state index in [9.17, 15) is 4.79 Å². The second kappa shape index (κ2) is 10.2. The fourth-order valence-corrected chi connectivity index (χ4v) is 4.11. The van der Waals surface area contributed by atoms with Gasteiger partial charge in [0.05, 0.1) is 5.75 Å². The fraction of sp³-hybridized carbons (Fsp3) is 0.400. The summed E-state index contributed by atoms with van der Waals surface area (Å²) < 4.78 is 3.02. The van der Waals surface area contributed by atoms with Gasteiger partial charge in [-0.1, -0.05) is 86.6 Å². The molecule has 0 aliphatic heterocycles. The average molecular weight is 516 g/mol. The Kier molecular flexibility index (Phi) is 7.83. The number of carbonyl (C=O) groups is 1. The third-order valence-electron chi connectivity index (χ3n) is 5.45. The molecule has 1 aromatic heterocycles. The van der Waals surface area contributed by atoms with Gasteiger partial charge in [0.2, 0.25) is 5.91 Å². The van der Waals surface area contributed by atoms with Crippen LogP contribution in [0.1, 0.15) is 47.1 Å². The van der Waals surface area contributed by atoms with Gasteiger partial charge in [-0.25, -0.2) is 0 Å². The van der Waals surface area contributed by atoms with Gasteiger partial charge in [0, 0.05) is 21.8 Å². The number of aromatic nitrogens is 3. The van der Waals surface area contributed by atoms with Crippen molar-refractivity contribution in [1.29, 1.82) is 0 Å². The van der Waals surface area contributed by atoms with Crippen molar-refractivity contribution in [3.63, 3.8) is 0 Å². The SMILES string of the molecule is CC(C)C(C)NC(=O)CSc1nnc(-c2ccc(C(C)(C)C)cc2)n1-c1ccc(Br)cc1. The van der Waals surface area contributed by atoms with E-state index in [1.807, 2.05) is 35.8 Å². The summed E-state index contributed by atoms with van der Waals surface area (Å²) in [5.41, 5.74) is 3.28. The number of halogens is 1. The van der Waals surface area contributed by atoms with Crippen LogP contribution in [0.5, 0.6) is 0 Å². The van der Waals surface area contributed by atoms with Crippen LogP contribution in [0.25, 0.3) is 17.1 Å². The van der Waals surface area contributed by atoms with Crippen molar-refractivity contribution in [2.45, 2.75) is 58.2 Å². The molecule has 0 radical (unpaired) electrons. The average Bonchev–Trinajstić information content (AvgIpc) is 3.16. The van der Waals surface area contributed by atoms with Gasteiger partial charge in [-0.05, 0) is 48.1 Å². The van der Waals surface area contributed by atoms with Crippen molar-refractivity contribution >= 4 is 33.6 Å². The zero-order chi connectivity index (χ0) is 23.5. The lowest BCUT2D eigenvalue weighted by Crippen LogP contribution is -2.37. The van der Waals surface area contributed by atoms with Crippen LogP contribution in [-0.4, -0.2) is 32.5 Å². The first-order chi connectivity index (χ1) is 15.1. The molecule has 7 heteroatoms. The molecule has 0 aliphatic carbocycles. The van der Waals surface area contributed by atoms with Crippen molar-refractivity contribution in [2.24, 2.45) is 5.92 Å². The number of hydrogen-bond donors (Lipinski definition) is 1. The number of nitrogens with one attached hydrogen (secondary N) is 1. The van der Waals surface area contributed by atoms with Crippen LogP contribution >= 0.6 is 27.7 Å². The number of benzene rings is 2. The number of carbonyl (C=O) groups excluding carboxylic acids is 1. The van der Waals surface area contributed by atoms with E-state index in [1.165, 1.54) is 17.3 Å². The molecule has 0 fully saturated rings. The lowest BCUT2D eigenvalue weighted by Gasteiger charge is -2.19. The maximum absolute atomic E-state index is 12.4. The Balaban J connectivity index is 1.92. The quantitative estimate of drug-likeness (QED) is 0.378. The lowest BCUT2D eigenvalue weighted by molar-refractivity contribution is -0.119. The molecule has 1 N–H and O–H groups in total. The first-order valence-corrected chi connectivity index (χ1v) is 12.6. The van der Waals surface area contributed by atoms with Crippen LogP contribution in [0, 0.1) is 5.92 Å². The lowest BCUT2D eigenvalue weighted by atomic mass is 9.87. The molecule has 0 bridgehead atoms. The van der Waals surface area contributed by atoms with Gasteiger partial charge >= 0.3 is 0 Å². The van der Waals surface area contributed by atoms with Gasteiger partial charge in [0.25, 0.3) is 0 Å². The number of hydrogen-bond acceptors (Lipinski definition) is 4. The molecule has 0 spiro atoms. The van der Waals surface area contributed by atoms with Crippen molar-refractivity contribution in [2.75, 3.05) is 5.75 Å². The van der Waals surface area contributed by atoms with E-state index in [1.54, 1.807) is 0 Å². The Bertz CT molecular complexity index is 1050. The van der Waals surface area contributed by atoms with Gasteiger partial charge in [-0.3, -0.25) is 9.36 Å². The molecular weight excluding hydrogens is 484 g/mol. The Morgan fingerprint density at radius 3 is 2.22 bits per heavy atom. The third kappa shape index (κ3) is 6.01. The Hall–Kier alpha value is -2.12. The first kappa shape index (κ1) is 24.5. The summed E-state index contributed by atoms with van der Waals surface area (Å²) in [6, 6.07) is 16.6. The molecule has 170 valence electrons. The predicted molar refractivity (Wildman–Crippen MR) is 136 cm³/mol. The molecule has 5 nitrogen and oxygen atoms in total. The van der Waals surface area contributed by atoms with Crippen LogP contribution in [0.15, 0.2) is 58.2 Å². The minimum absolute atomic E-state index is 0.00219. The topological polar surface area (TPSA) is 59.8 Å². The summed E-state index contributed by atoms with van der Waals surface area (Å²) in [6.07, 6.45) is 0. The van der Waals surface area contributed by atoms with Gasteiger partial charge < -0.3 is 5.32 Å². The summed E-state index contributed by atoms with van der Waals surface area (Å²) in [5.74, 6) is 1.43. The Labute approximate surface area is 203 Å². The first-order valence-electron chi connectivity index (χ1n) is 10.8. The maximum Gasteiger partial charge on any atom is 0.230 e. The van der Waals surface area contributed by atoms with E-state index in [2.05, 4.69) is 90.3 Å². The monoisotopic (exact) mass is 514 g/mol. The standard InChI is InChI=1S/C25H31BrN4OS/c1-16(2)17(3)27-22(31)15-32-24-29-28-23(30(24)21-13-11-20(26)12-14-21)18-7-9-19(10-8-18)25(4,5)6/h7-14,16-17H,15H2,1-6H3,(H,27,31). The molecular formula is C25H31BrN4OS.